The van der Waals surface area contributed by atoms with Gasteiger partial charge in [0.2, 0.25) is 0 Å². The topological polar surface area (TPSA) is 37.3 Å². The van der Waals surface area contributed by atoms with E-state index in [1.54, 1.807) is 6.07 Å². The van der Waals surface area contributed by atoms with E-state index in [1.807, 2.05) is 11.4 Å². The molecule has 0 atom stereocenters. The highest BCUT2D eigenvalue weighted by Crippen LogP contribution is 2.35. The van der Waals surface area contributed by atoms with Crippen LogP contribution in [0.2, 0.25) is 5.02 Å². The molecular weight excluding hydrogens is 288 g/mol. The van der Waals surface area contributed by atoms with E-state index in [4.69, 9.17) is 16.7 Å². The normalized spacial score (nSPS) is 10.7. The zero-order chi connectivity index (χ0) is 10.3. The Labute approximate surface area is 97.2 Å². The van der Waals surface area contributed by atoms with Crippen molar-refractivity contribution < 1.29 is 9.90 Å². The molecule has 14 heavy (non-hydrogen) atoms. The lowest BCUT2D eigenvalue weighted by atomic mass is 10.2. The number of carboxylic acid groups (broad SMARTS) is 1. The van der Waals surface area contributed by atoms with Crippen molar-refractivity contribution in [2.24, 2.45) is 0 Å². The van der Waals surface area contributed by atoms with Gasteiger partial charge in [-0.05, 0) is 33.4 Å². The van der Waals surface area contributed by atoms with Crippen molar-refractivity contribution in [1.82, 2.24) is 0 Å². The Morgan fingerprint density at radius 2 is 2.29 bits per heavy atom. The fourth-order valence-corrected chi connectivity index (χ4v) is 3.39. The van der Waals surface area contributed by atoms with Gasteiger partial charge in [-0.3, -0.25) is 0 Å². The van der Waals surface area contributed by atoms with Gasteiger partial charge in [-0.15, -0.1) is 11.3 Å². The second kappa shape index (κ2) is 3.53. The van der Waals surface area contributed by atoms with E-state index >= 15 is 0 Å². The molecule has 5 heteroatoms. The number of hydrogen-bond donors (Lipinski definition) is 1. The number of carbonyl (C=O) groups is 1. The van der Waals surface area contributed by atoms with Crippen molar-refractivity contribution in [2.45, 2.75) is 0 Å². The maximum absolute atomic E-state index is 10.9. The van der Waals surface area contributed by atoms with Gasteiger partial charge < -0.3 is 5.11 Å². The second-order valence-electron chi connectivity index (χ2n) is 2.68. The smallest absolute Gasteiger partial charge is 0.338 e. The Hall–Kier alpha value is -0.580. The molecule has 0 aliphatic rings. The Balaban J connectivity index is 2.89. The summed E-state index contributed by atoms with van der Waals surface area (Å²) in [7, 11) is 0. The molecule has 0 radical (unpaired) electrons. The van der Waals surface area contributed by atoms with Crippen LogP contribution < -0.4 is 0 Å². The lowest BCUT2D eigenvalue weighted by Crippen LogP contribution is -1.98. The quantitative estimate of drug-likeness (QED) is 0.862. The first-order valence-corrected chi connectivity index (χ1v) is 5.75. The summed E-state index contributed by atoms with van der Waals surface area (Å²) in [6.45, 7) is 0. The average molecular weight is 292 g/mol. The monoisotopic (exact) mass is 290 g/mol. The van der Waals surface area contributed by atoms with Gasteiger partial charge in [0.05, 0.1) is 10.6 Å². The van der Waals surface area contributed by atoms with E-state index in [0.29, 0.717) is 4.47 Å². The molecule has 1 aromatic carbocycles. The molecule has 0 amide bonds. The summed E-state index contributed by atoms with van der Waals surface area (Å²) in [4.78, 5) is 10.9. The van der Waals surface area contributed by atoms with E-state index in [-0.39, 0.29) is 10.6 Å². The Morgan fingerprint density at radius 3 is 2.93 bits per heavy atom. The summed E-state index contributed by atoms with van der Waals surface area (Å²) < 4.78 is 1.53. The number of hydrogen-bond acceptors (Lipinski definition) is 2. The molecule has 1 N–H and O–H groups in total. The van der Waals surface area contributed by atoms with Gasteiger partial charge in [0, 0.05) is 14.6 Å². The third-order valence-electron chi connectivity index (χ3n) is 1.86. The third-order valence-corrected chi connectivity index (χ3v) is 3.85. The third kappa shape index (κ3) is 1.43. The van der Waals surface area contributed by atoms with Gasteiger partial charge in [-0.2, -0.15) is 0 Å². The number of rotatable bonds is 1. The number of aromatic carboxylic acids is 1. The minimum atomic E-state index is -1.02. The van der Waals surface area contributed by atoms with Crippen LogP contribution in [-0.4, -0.2) is 11.1 Å². The van der Waals surface area contributed by atoms with Crippen LogP contribution in [0.4, 0.5) is 0 Å². The van der Waals surface area contributed by atoms with Crippen molar-refractivity contribution in [1.29, 1.82) is 0 Å². The van der Waals surface area contributed by atoms with Gasteiger partial charge in [0.15, 0.2) is 0 Å². The van der Waals surface area contributed by atoms with Crippen LogP contribution in [0.25, 0.3) is 10.1 Å². The van der Waals surface area contributed by atoms with Crippen LogP contribution in [0, 0.1) is 0 Å². The highest BCUT2D eigenvalue weighted by molar-refractivity contribution is 9.10. The maximum Gasteiger partial charge on any atom is 0.338 e. The van der Waals surface area contributed by atoms with Crippen LogP contribution in [0.15, 0.2) is 22.0 Å². The zero-order valence-electron chi connectivity index (χ0n) is 6.75. The van der Waals surface area contributed by atoms with Gasteiger partial charge in [0.1, 0.15) is 0 Å². The summed E-state index contributed by atoms with van der Waals surface area (Å²) in [5.74, 6) is -1.02. The maximum atomic E-state index is 10.9. The van der Waals surface area contributed by atoms with E-state index in [1.165, 1.54) is 11.3 Å². The number of benzene rings is 1. The molecule has 2 aromatic rings. The van der Waals surface area contributed by atoms with Gasteiger partial charge >= 0.3 is 5.97 Å². The van der Waals surface area contributed by atoms with Crippen LogP contribution >= 0.6 is 38.9 Å². The predicted octanol–water partition coefficient (Wildman–Crippen LogP) is 4.02. The molecule has 2 nitrogen and oxygen atoms in total. The number of carboxylic acids is 1. The SMILES string of the molecule is O=C(O)c1c(Cl)cc2sccc2c1Br. The highest BCUT2D eigenvalue weighted by atomic mass is 79.9. The fourth-order valence-electron chi connectivity index (χ4n) is 1.24. The Morgan fingerprint density at radius 1 is 1.57 bits per heavy atom. The summed E-state index contributed by atoms with van der Waals surface area (Å²) in [6, 6.07) is 3.54. The summed E-state index contributed by atoms with van der Waals surface area (Å²) in [5, 5.41) is 12.0. The Kier molecular flexibility index (Phi) is 2.51. The number of halogens is 2. The molecule has 0 saturated carbocycles. The van der Waals surface area contributed by atoms with Crippen molar-refractivity contribution in [2.75, 3.05) is 0 Å². The standard InChI is InChI=1S/C9H4BrClO2S/c10-8-4-1-2-14-6(4)3-5(11)7(8)9(12)13/h1-3H,(H,12,13). The molecule has 1 heterocycles. The van der Waals surface area contributed by atoms with Crippen LogP contribution in [-0.2, 0) is 0 Å². The minimum absolute atomic E-state index is 0.123. The van der Waals surface area contributed by atoms with E-state index in [2.05, 4.69) is 15.9 Å². The first kappa shape index (κ1) is 9.96. The van der Waals surface area contributed by atoms with Crippen LogP contribution in [0.1, 0.15) is 10.4 Å². The molecule has 0 aliphatic carbocycles. The molecule has 0 spiro atoms. The van der Waals surface area contributed by atoms with E-state index in [9.17, 15) is 4.79 Å². The molecule has 0 saturated heterocycles. The van der Waals surface area contributed by atoms with Gasteiger partial charge in [-0.25, -0.2) is 4.79 Å². The lowest BCUT2D eigenvalue weighted by molar-refractivity contribution is 0.0696. The summed E-state index contributed by atoms with van der Waals surface area (Å²) >= 11 is 10.6. The van der Waals surface area contributed by atoms with Crippen LogP contribution in [0.3, 0.4) is 0 Å². The molecule has 0 bridgehead atoms. The average Bonchev–Trinajstić information content (AvgIpc) is 2.50. The largest absolute Gasteiger partial charge is 0.478 e. The Bertz CT molecular complexity index is 521. The van der Waals surface area contributed by atoms with Crippen LogP contribution in [0.5, 0.6) is 0 Å². The molecule has 1 aromatic heterocycles. The predicted molar refractivity (Wildman–Crippen MR) is 61.5 cm³/mol. The molecular formula is C9H4BrClO2S. The fraction of sp³-hybridized carbons (Fsp3) is 0. The van der Waals surface area contributed by atoms with Crippen molar-refractivity contribution in [3.63, 3.8) is 0 Å². The minimum Gasteiger partial charge on any atom is -0.478 e. The number of fused-ring (bicyclic) bond motifs is 1. The lowest BCUT2D eigenvalue weighted by Gasteiger charge is -2.03. The molecule has 0 aliphatic heterocycles. The molecule has 2 rings (SSSR count). The first-order chi connectivity index (χ1) is 6.61. The molecule has 0 unspecified atom stereocenters. The van der Waals surface area contributed by atoms with Gasteiger partial charge in [-0.1, -0.05) is 11.6 Å². The van der Waals surface area contributed by atoms with E-state index < -0.39 is 5.97 Å². The zero-order valence-corrected chi connectivity index (χ0v) is 9.91. The summed E-state index contributed by atoms with van der Waals surface area (Å²) in [5.41, 5.74) is 0.123. The van der Waals surface area contributed by atoms with E-state index in [0.717, 1.165) is 10.1 Å². The first-order valence-electron chi connectivity index (χ1n) is 3.69. The second-order valence-corrected chi connectivity index (χ2v) is 4.83. The molecule has 0 fully saturated rings. The molecule has 72 valence electrons. The van der Waals surface area contributed by atoms with Crippen molar-refractivity contribution in [3.8, 4) is 0 Å². The van der Waals surface area contributed by atoms with Gasteiger partial charge in [0.25, 0.3) is 0 Å². The number of thiophene rings is 1. The van der Waals surface area contributed by atoms with Crippen molar-refractivity contribution in [3.05, 3.63) is 32.6 Å². The summed E-state index contributed by atoms with van der Waals surface area (Å²) in [6.07, 6.45) is 0. The van der Waals surface area contributed by atoms with Crippen molar-refractivity contribution >= 4 is 54.9 Å². The highest BCUT2D eigenvalue weighted by Gasteiger charge is 2.16.